The molecule has 1 fully saturated rings. The van der Waals surface area contributed by atoms with E-state index in [1.165, 1.54) is 0 Å². The summed E-state index contributed by atoms with van der Waals surface area (Å²) in [6.45, 7) is 9.64. The van der Waals surface area contributed by atoms with Gasteiger partial charge >= 0.3 is 0 Å². The van der Waals surface area contributed by atoms with E-state index in [4.69, 9.17) is 4.98 Å². The summed E-state index contributed by atoms with van der Waals surface area (Å²) in [5.74, 6) is 1.66. The molecule has 1 aliphatic rings. The highest BCUT2D eigenvalue weighted by Gasteiger charge is 2.26. The standard InChI is InChI=1S/C19H27N5O/c1-4-16-11-18(22-19(21-16)17-7-5-6-8-20-17)24-10-9-23(12-14(24)2)13-15(3)25/h5-8,11,14-15,25H,4,9-10,12-13H2,1-3H3. The highest BCUT2D eigenvalue weighted by atomic mass is 16.3. The lowest BCUT2D eigenvalue weighted by Crippen LogP contribution is -2.53. The van der Waals surface area contributed by atoms with Crippen LogP contribution in [-0.2, 0) is 6.42 Å². The van der Waals surface area contributed by atoms with Crippen molar-refractivity contribution in [2.75, 3.05) is 31.1 Å². The Morgan fingerprint density at radius 1 is 1.28 bits per heavy atom. The molecule has 1 saturated heterocycles. The van der Waals surface area contributed by atoms with Gasteiger partial charge in [0.15, 0.2) is 5.82 Å². The lowest BCUT2D eigenvalue weighted by atomic mass is 10.1. The maximum absolute atomic E-state index is 9.62. The molecule has 2 unspecified atom stereocenters. The van der Waals surface area contributed by atoms with E-state index in [2.05, 4.69) is 39.7 Å². The van der Waals surface area contributed by atoms with Crippen LogP contribution in [0.1, 0.15) is 26.5 Å². The molecule has 2 aromatic heterocycles. The number of anilines is 1. The Balaban J connectivity index is 1.85. The number of β-amino-alcohol motifs (C(OH)–C–C–N with tert-alkyl or cyclic N) is 1. The molecule has 3 heterocycles. The van der Waals surface area contributed by atoms with Crippen molar-refractivity contribution in [2.45, 2.75) is 39.3 Å². The van der Waals surface area contributed by atoms with Gasteiger partial charge in [0.2, 0.25) is 0 Å². The van der Waals surface area contributed by atoms with Gasteiger partial charge in [-0.2, -0.15) is 0 Å². The molecule has 3 rings (SSSR count). The Labute approximate surface area is 149 Å². The average molecular weight is 341 g/mol. The number of aliphatic hydroxyl groups excluding tert-OH is 1. The Kier molecular flexibility index (Phi) is 5.60. The van der Waals surface area contributed by atoms with Crippen molar-refractivity contribution >= 4 is 5.82 Å². The normalized spacial score (nSPS) is 19.8. The largest absolute Gasteiger partial charge is 0.392 e. The minimum atomic E-state index is -0.291. The summed E-state index contributed by atoms with van der Waals surface area (Å²) in [5.41, 5.74) is 1.84. The smallest absolute Gasteiger partial charge is 0.180 e. The first kappa shape index (κ1) is 17.8. The van der Waals surface area contributed by atoms with Crippen molar-refractivity contribution in [3.05, 3.63) is 36.2 Å². The third-order valence-corrected chi connectivity index (χ3v) is 4.55. The van der Waals surface area contributed by atoms with Gasteiger partial charge in [-0.15, -0.1) is 0 Å². The summed E-state index contributed by atoms with van der Waals surface area (Å²) in [5, 5.41) is 9.62. The number of pyridine rings is 1. The highest BCUT2D eigenvalue weighted by Crippen LogP contribution is 2.23. The number of aromatic nitrogens is 3. The van der Waals surface area contributed by atoms with Crippen molar-refractivity contribution in [3.63, 3.8) is 0 Å². The molecule has 0 amide bonds. The SMILES string of the molecule is CCc1cc(N2CCN(CC(C)O)CC2C)nc(-c2ccccn2)n1. The van der Waals surface area contributed by atoms with Crippen molar-refractivity contribution in [2.24, 2.45) is 0 Å². The van der Waals surface area contributed by atoms with E-state index in [-0.39, 0.29) is 6.10 Å². The lowest BCUT2D eigenvalue weighted by Gasteiger charge is -2.41. The monoisotopic (exact) mass is 341 g/mol. The van der Waals surface area contributed by atoms with E-state index in [1.54, 1.807) is 6.20 Å². The highest BCUT2D eigenvalue weighted by molar-refractivity contribution is 5.54. The summed E-state index contributed by atoms with van der Waals surface area (Å²) in [6, 6.07) is 8.23. The summed E-state index contributed by atoms with van der Waals surface area (Å²) in [6.07, 6.45) is 2.35. The molecule has 6 heteroatoms. The molecule has 0 radical (unpaired) electrons. The fourth-order valence-corrected chi connectivity index (χ4v) is 3.33. The molecule has 25 heavy (non-hydrogen) atoms. The quantitative estimate of drug-likeness (QED) is 0.897. The first-order chi connectivity index (χ1) is 12.1. The number of aryl methyl sites for hydroxylation is 1. The molecule has 0 aromatic carbocycles. The third-order valence-electron chi connectivity index (χ3n) is 4.55. The van der Waals surface area contributed by atoms with Gasteiger partial charge in [-0.1, -0.05) is 13.0 Å². The molecule has 0 bridgehead atoms. The predicted octanol–water partition coefficient (Wildman–Crippen LogP) is 1.99. The van der Waals surface area contributed by atoms with Crippen LogP contribution in [-0.4, -0.2) is 63.3 Å². The van der Waals surface area contributed by atoms with Gasteiger partial charge in [-0.3, -0.25) is 9.88 Å². The number of hydrogen-bond donors (Lipinski definition) is 1. The number of rotatable bonds is 5. The van der Waals surface area contributed by atoms with Gasteiger partial charge in [0.25, 0.3) is 0 Å². The molecule has 0 aliphatic carbocycles. The Hall–Kier alpha value is -2.05. The number of nitrogens with zero attached hydrogens (tertiary/aromatic N) is 5. The van der Waals surface area contributed by atoms with Crippen LogP contribution in [0.25, 0.3) is 11.5 Å². The molecular weight excluding hydrogens is 314 g/mol. The zero-order chi connectivity index (χ0) is 17.8. The van der Waals surface area contributed by atoms with Crippen molar-refractivity contribution < 1.29 is 5.11 Å². The summed E-state index contributed by atoms with van der Waals surface area (Å²) < 4.78 is 0. The second-order valence-electron chi connectivity index (χ2n) is 6.76. The Morgan fingerprint density at radius 3 is 2.76 bits per heavy atom. The Morgan fingerprint density at radius 2 is 2.12 bits per heavy atom. The summed E-state index contributed by atoms with van der Waals surface area (Å²) in [7, 11) is 0. The topological polar surface area (TPSA) is 65.4 Å². The van der Waals surface area contributed by atoms with Gasteiger partial charge in [0.1, 0.15) is 11.5 Å². The molecule has 1 aliphatic heterocycles. The summed E-state index contributed by atoms with van der Waals surface area (Å²) >= 11 is 0. The second kappa shape index (κ2) is 7.89. The summed E-state index contributed by atoms with van der Waals surface area (Å²) in [4.78, 5) is 18.5. The van der Waals surface area contributed by atoms with E-state index >= 15 is 0 Å². The fourth-order valence-electron chi connectivity index (χ4n) is 3.33. The molecule has 0 spiro atoms. The molecule has 1 N–H and O–H groups in total. The van der Waals surface area contributed by atoms with Crippen LogP contribution in [0.15, 0.2) is 30.5 Å². The predicted molar refractivity (Wildman–Crippen MR) is 99.6 cm³/mol. The first-order valence-corrected chi connectivity index (χ1v) is 9.03. The number of aliphatic hydroxyl groups is 1. The van der Waals surface area contributed by atoms with Crippen molar-refractivity contribution in [1.29, 1.82) is 0 Å². The van der Waals surface area contributed by atoms with Crippen LogP contribution in [0, 0.1) is 0 Å². The Bertz CT molecular complexity index is 691. The maximum Gasteiger partial charge on any atom is 0.180 e. The van der Waals surface area contributed by atoms with E-state index in [1.807, 2.05) is 25.1 Å². The van der Waals surface area contributed by atoms with Gasteiger partial charge in [0, 0.05) is 50.2 Å². The van der Waals surface area contributed by atoms with E-state index in [0.717, 1.165) is 49.8 Å². The first-order valence-electron chi connectivity index (χ1n) is 9.03. The minimum Gasteiger partial charge on any atom is -0.392 e. The minimum absolute atomic E-state index is 0.291. The van der Waals surface area contributed by atoms with Gasteiger partial charge in [-0.05, 0) is 32.4 Å². The van der Waals surface area contributed by atoms with Crippen LogP contribution < -0.4 is 4.90 Å². The zero-order valence-electron chi connectivity index (χ0n) is 15.3. The maximum atomic E-state index is 9.62. The average Bonchev–Trinajstić information content (AvgIpc) is 2.61. The zero-order valence-corrected chi connectivity index (χ0v) is 15.3. The fraction of sp³-hybridized carbons (Fsp3) is 0.526. The van der Waals surface area contributed by atoms with Crippen molar-refractivity contribution in [3.8, 4) is 11.5 Å². The molecule has 2 atom stereocenters. The van der Waals surface area contributed by atoms with E-state index < -0.39 is 0 Å². The number of piperazine rings is 1. The number of hydrogen-bond acceptors (Lipinski definition) is 6. The van der Waals surface area contributed by atoms with Gasteiger partial charge in [0.05, 0.1) is 6.10 Å². The van der Waals surface area contributed by atoms with E-state index in [0.29, 0.717) is 11.9 Å². The van der Waals surface area contributed by atoms with Crippen LogP contribution >= 0.6 is 0 Å². The molecule has 134 valence electrons. The molecule has 0 saturated carbocycles. The molecular formula is C19H27N5O. The van der Waals surface area contributed by atoms with E-state index in [9.17, 15) is 5.11 Å². The second-order valence-corrected chi connectivity index (χ2v) is 6.76. The third kappa shape index (κ3) is 4.32. The lowest BCUT2D eigenvalue weighted by molar-refractivity contribution is 0.114. The van der Waals surface area contributed by atoms with Crippen LogP contribution in [0.4, 0.5) is 5.82 Å². The van der Waals surface area contributed by atoms with Crippen LogP contribution in [0.3, 0.4) is 0 Å². The van der Waals surface area contributed by atoms with Crippen LogP contribution in [0.5, 0.6) is 0 Å². The van der Waals surface area contributed by atoms with Crippen LogP contribution in [0.2, 0.25) is 0 Å². The molecule has 6 nitrogen and oxygen atoms in total. The van der Waals surface area contributed by atoms with Crippen molar-refractivity contribution in [1.82, 2.24) is 19.9 Å². The van der Waals surface area contributed by atoms with Gasteiger partial charge in [-0.25, -0.2) is 9.97 Å². The molecule has 2 aromatic rings. The van der Waals surface area contributed by atoms with Gasteiger partial charge < -0.3 is 10.0 Å².